The molecule has 2 amide bonds. The van der Waals surface area contributed by atoms with E-state index in [1.165, 1.54) is 6.42 Å². The Labute approximate surface area is 107 Å². The Kier molecular flexibility index (Phi) is 3.25. The van der Waals surface area contributed by atoms with Crippen molar-refractivity contribution < 1.29 is 14.7 Å². The minimum absolute atomic E-state index is 0.0695. The quantitative estimate of drug-likeness (QED) is 0.699. The van der Waals surface area contributed by atoms with E-state index < -0.39 is 11.5 Å². The fraction of sp³-hybridized carbons (Fsp3) is 0.846. The van der Waals surface area contributed by atoms with Crippen LogP contribution in [-0.4, -0.2) is 29.2 Å². The van der Waals surface area contributed by atoms with Crippen LogP contribution in [0.25, 0.3) is 0 Å². The van der Waals surface area contributed by atoms with E-state index >= 15 is 0 Å². The molecule has 0 heterocycles. The third-order valence-electron chi connectivity index (χ3n) is 4.45. The van der Waals surface area contributed by atoms with E-state index in [4.69, 9.17) is 0 Å². The molecule has 2 aliphatic carbocycles. The van der Waals surface area contributed by atoms with Crippen molar-refractivity contribution in [3.8, 4) is 0 Å². The molecule has 2 saturated carbocycles. The Morgan fingerprint density at radius 2 is 2.00 bits per heavy atom. The number of hydrogen-bond donors (Lipinski definition) is 3. The lowest BCUT2D eigenvalue weighted by molar-refractivity contribution is -0.144. The minimum atomic E-state index is -1.12. The highest BCUT2D eigenvalue weighted by atomic mass is 16.4. The summed E-state index contributed by atoms with van der Waals surface area (Å²) < 4.78 is 0. The number of urea groups is 1. The summed E-state index contributed by atoms with van der Waals surface area (Å²) in [6.07, 6.45) is 5.23. The van der Waals surface area contributed by atoms with Crippen LogP contribution in [-0.2, 0) is 4.79 Å². The second-order valence-corrected chi connectivity index (χ2v) is 6.25. The maximum atomic E-state index is 11.8. The van der Waals surface area contributed by atoms with Crippen molar-refractivity contribution in [2.45, 2.75) is 51.5 Å². The Hall–Kier alpha value is -1.26. The highest BCUT2D eigenvalue weighted by Crippen LogP contribution is 2.40. The number of carboxylic acids is 1. The Morgan fingerprint density at radius 1 is 1.39 bits per heavy atom. The summed E-state index contributed by atoms with van der Waals surface area (Å²) in [4.78, 5) is 23.1. The molecule has 0 spiro atoms. The third kappa shape index (κ3) is 2.60. The first kappa shape index (κ1) is 13.2. The van der Waals surface area contributed by atoms with E-state index in [0.29, 0.717) is 6.54 Å². The number of amides is 2. The number of hydrogen-bond acceptors (Lipinski definition) is 2. The van der Waals surface area contributed by atoms with Gasteiger partial charge in [0.15, 0.2) is 0 Å². The molecule has 0 aliphatic heterocycles. The van der Waals surface area contributed by atoms with Gasteiger partial charge in [-0.3, -0.25) is 0 Å². The molecule has 0 aromatic rings. The lowest BCUT2D eigenvalue weighted by atomic mass is 9.70. The Balaban J connectivity index is 1.83. The zero-order valence-corrected chi connectivity index (χ0v) is 11.1. The minimum Gasteiger partial charge on any atom is -0.480 e. The van der Waals surface area contributed by atoms with Crippen LogP contribution in [0.5, 0.6) is 0 Å². The summed E-state index contributed by atoms with van der Waals surface area (Å²) in [5.74, 6) is -0.880. The average molecular weight is 254 g/mol. The number of carboxylic acid groups (broad SMARTS) is 1. The number of nitrogens with one attached hydrogen (secondary N) is 2. The van der Waals surface area contributed by atoms with E-state index in [0.717, 1.165) is 25.7 Å². The molecule has 2 rings (SSSR count). The van der Waals surface area contributed by atoms with Crippen LogP contribution in [0.1, 0.15) is 46.0 Å². The highest BCUT2D eigenvalue weighted by molar-refractivity contribution is 5.86. The van der Waals surface area contributed by atoms with Gasteiger partial charge in [0, 0.05) is 6.54 Å². The summed E-state index contributed by atoms with van der Waals surface area (Å²) in [7, 11) is 0. The Bertz CT molecular complexity index is 361. The van der Waals surface area contributed by atoms with Crippen molar-refractivity contribution in [3.63, 3.8) is 0 Å². The standard InChI is InChI=1S/C13H22N2O3/c1-12(6-3-7-12)8-14-11(18)15-13(2,10(16)17)9-4-5-9/h9H,3-8H2,1-2H3,(H,16,17)(H2,14,15,18). The molecule has 1 unspecified atom stereocenters. The highest BCUT2D eigenvalue weighted by Gasteiger charge is 2.48. The SMILES string of the molecule is CC1(CNC(=O)NC(C)(C(=O)O)C2CC2)CCC1. The van der Waals surface area contributed by atoms with Crippen molar-refractivity contribution in [2.75, 3.05) is 6.54 Å². The number of carbonyl (C=O) groups excluding carboxylic acids is 1. The monoisotopic (exact) mass is 254 g/mol. The number of aliphatic carboxylic acids is 1. The molecular formula is C13H22N2O3. The molecular weight excluding hydrogens is 232 g/mol. The van der Waals surface area contributed by atoms with Crippen LogP contribution >= 0.6 is 0 Å². The molecule has 0 aromatic heterocycles. The second kappa shape index (κ2) is 4.44. The van der Waals surface area contributed by atoms with Crippen LogP contribution in [0, 0.1) is 11.3 Å². The summed E-state index contributed by atoms with van der Waals surface area (Å²) >= 11 is 0. The molecule has 18 heavy (non-hydrogen) atoms. The van der Waals surface area contributed by atoms with Crippen LogP contribution in [0.15, 0.2) is 0 Å². The van der Waals surface area contributed by atoms with Crippen LogP contribution in [0.2, 0.25) is 0 Å². The molecule has 0 bridgehead atoms. The van der Waals surface area contributed by atoms with Gasteiger partial charge in [-0.25, -0.2) is 9.59 Å². The van der Waals surface area contributed by atoms with Crippen LogP contribution in [0.3, 0.4) is 0 Å². The largest absolute Gasteiger partial charge is 0.480 e. The normalized spacial score (nSPS) is 24.6. The van der Waals surface area contributed by atoms with Crippen molar-refractivity contribution in [2.24, 2.45) is 11.3 Å². The lowest BCUT2D eigenvalue weighted by Gasteiger charge is -2.38. The summed E-state index contributed by atoms with van der Waals surface area (Å²) in [6, 6.07) is -0.361. The molecule has 0 radical (unpaired) electrons. The van der Waals surface area contributed by atoms with E-state index in [-0.39, 0.29) is 17.4 Å². The summed E-state index contributed by atoms with van der Waals surface area (Å²) in [5.41, 5.74) is -0.916. The van der Waals surface area contributed by atoms with E-state index in [1.54, 1.807) is 6.92 Å². The van der Waals surface area contributed by atoms with Gasteiger partial charge in [-0.05, 0) is 43.9 Å². The summed E-state index contributed by atoms with van der Waals surface area (Å²) in [6.45, 7) is 4.37. The predicted octanol–water partition coefficient (Wildman–Crippen LogP) is 1.73. The molecule has 2 fully saturated rings. The Morgan fingerprint density at radius 3 is 2.39 bits per heavy atom. The maximum absolute atomic E-state index is 11.8. The zero-order valence-electron chi connectivity index (χ0n) is 11.1. The number of rotatable bonds is 5. The molecule has 2 aliphatic rings. The third-order valence-corrected chi connectivity index (χ3v) is 4.45. The molecule has 3 N–H and O–H groups in total. The first-order valence-corrected chi connectivity index (χ1v) is 6.65. The van der Waals surface area contributed by atoms with Gasteiger partial charge in [-0.15, -0.1) is 0 Å². The van der Waals surface area contributed by atoms with Gasteiger partial charge in [-0.1, -0.05) is 13.3 Å². The van der Waals surface area contributed by atoms with Gasteiger partial charge in [0.25, 0.3) is 0 Å². The first-order valence-electron chi connectivity index (χ1n) is 6.65. The topological polar surface area (TPSA) is 78.4 Å². The van der Waals surface area contributed by atoms with Crippen molar-refractivity contribution in [1.82, 2.24) is 10.6 Å². The van der Waals surface area contributed by atoms with E-state index in [1.807, 2.05) is 0 Å². The maximum Gasteiger partial charge on any atom is 0.329 e. The molecule has 5 heteroatoms. The van der Waals surface area contributed by atoms with Crippen molar-refractivity contribution in [1.29, 1.82) is 0 Å². The van der Waals surface area contributed by atoms with Crippen molar-refractivity contribution in [3.05, 3.63) is 0 Å². The lowest BCUT2D eigenvalue weighted by Crippen LogP contribution is -2.57. The van der Waals surface area contributed by atoms with E-state index in [9.17, 15) is 14.7 Å². The van der Waals surface area contributed by atoms with Gasteiger partial charge in [0.05, 0.1) is 0 Å². The molecule has 1 atom stereocenters. The molecule has 0 saturated heterocycles. The second-order valence-electron chi connectivity index (χ2n) is 6.25. The molecule has 5 nitrogen and oxygen atoms in total. The van der Waals surface area contributed by atoms with Gasteiger partial charge in [0.1, 0.15) is 5.54 Å². The van der Waals surface area contributed by atoms with E-state index in [2.05, 4.69) is 17.6 Å². The van der Waals surface area contributed by atoms with Gasteiger partial charge < -0.3 is 15.7 Å². The van der Waals surface area contributed by atoms with Crippen LogP contribution < -0.4 is 10.6 Å². The summed E-state index contributed by atoms with van der Waals surface area (Å²) in [5, 5.41) is 14.7. The number of carbonyl (C=O) groups is 2. The van der Waals surface area contributed by atoms with Gasteiger partial charge >= 0.3 is 12.0 Å². The van der Waals surface area contributed by atoms with Crippen molar-refractivity contribution >= 4 is 12.0 Å². The zero-order chi connectivity index (χ0) is 13.4. The van der Waals surface area contributed by atoms with Gasteiger partial charge in [0.2, 0.25) is 0 Å². The smallest absolute Gasteiger partial charge is 0.329 e. The predicted molar refractivity (Wildman–Crippen MR) is 67.3 cm³/mol. The van der Waals surface area contributed by atoms with Gasteiger partial charge in [-0.2, -0.15) is 0 Å². The fourth-order valence-electron chi connectivity index (χ4n) is 2.52. The van der Waals surface area contributed by atoms with Crippen LogP contribution in [0.4, 0.5) is 4.79 Å². The molecule has 0 aromatic carbocycles. The average Bonchev–Trinajstić information content (AvgIpc) is 3.07. The fourth-order valence-corrected chi connectivity index (χ4v) is 2.52. The molecule has 102 valence electrons. The first-order chi connectivity index (χ1) is 8.36.